The highest BCUT2D eigenvalue weighted by Crippen LogP contribution is 2.38. The standard InChI is InChI=1S/C53H90O23/c1-11-12-18-21-32-22-19-16-14-13-15-17-20-23-34(55)71-45-42(74-50-40(61)39(60)41(30(9)67-50)72-47(62)25(2)3)31(10)68-53(46(45)73-48(63)26(4)5)76-44-38(59)36(57)33(24-65-49(64)27(6)28(7)54)70-52(44)75-43-37(58)35(56)29(8)66-51(43)69-32/h25-33,35-46,50-54,56-61H,11-24H2,1-10H3/t27?,28?,29-,30-,31+,32?,33-,35-,36-,37+,38+,39-,40-,41-,42+,43-,44-,45-,46-,50-,51+,52+,53+/m1/s1. The van der Waals surface area contributed by atoms with Gasteiger partial charge in [-0.05, 0) is 53.9 Å². The quantitative estimate of drug-likeness (QED) is 0.0746. The molecule has 0 aromatic carbocycles. The molecule has 0 aromatic heterocycles. The minimum atomic E-state index is -2.02. The maximum absolute atomic E-state index is 14.0. The number of fused-ring (bicyclic) bond motifs is 4. The Kier molecular flexibility index (Phi) is 25.5. The summed E-state index contributed by atoms with van der Waals surface area (Å²) in [5.41, 5.74) is 0. The predicted octanol–water partition coefficient (Wildman–Crippen LogP) is 2.36. The summed E-state index contributed by atoms with van der Waals surface area (Å²) in [5.74, 6) is -5.39. The van der Waals surface area contributed by atoms with Crippen LogP contribution in [0.25, 0.3) is 0 Å². The van der Waals surface area contributed by atoms with Gasteiger partial charge in [0.2, 0.25) is 0 Å². The zero-order valence-corrected chi connectivity index (χ0v) is 46.0. The minimum Gasteiger partial charge on any atom is -0.463 e. The number of unbranched alkanes of at least 4 members (excludes halogenated alkanes) is 2. The van der Waals surface area contributed by atoms with Crippen LogP contribution in [-0.4, -0.2) is 201 Å². The van der Waals surface area contributed by atoms with E-state index < -0.39 is 177 Å². The Morgan fingerprint density at radius 1 is 0.566 bits per heavy atom. The fourth-order valence-electron chi connectivity index (χ4n) is 9.69. The topological polar surface area (TPSA) is 321 Å². The first-order chi connectivity index (χ1) is 35.9. The van der Waals surface area contributed by atoms with Crippen molar-refractivity contribution in [1.29, 1.82) is 0 Å². The van der Waals surface area contributed by atoms with Gasteiger partial charge >= 0.3 is 23.9 Å². The molecule has 3 unspecified atom stereocenters. The van der Waals surface area contributed by atoms with Crippen molar-refractivity contribution in [3.05, 3.63) is 0 Å². The van der Waals surface area contributed by atoms with Crippen LogP contribution in [0, 0.1) is 17.8 Å². The summed E-state index contributed by atoms with van der Waals surface area (Å²) in [6, 6.07) is 0. The van der Waals surface area contributed by atoms with Crippen LogP contribution in [0.3, 0.4) is 0 Å². The number of hydrogen-bond acceptors (Lipinski definition) is 23. The van der Waals surface area contributed by atoms with E-state index in [1.807, 2.05) is 0 Å². The Morgan fingerprint density at radius 3 is 1.74 bits per heavy atom. The Bertz CT molecular complexity index is 1790. The first-order valence-corrected chi connectivity index (χ1v) is 27.7. The van der Waals surface area contributed by atoms with Crippen LogP contribution in [0.4, 0.5) is 0 Å². The van der Waals surface area contributed by atoms with Crippen molar-refractivity contribution in [3.63, 3.8) is 0 Å². The van der Waals surface area contributed by atoms with Crippen LogP contribution in [0.2, 0.25) is 0 Å². The monoisotopic (exact) mass is 1090 g/mol. The maximum atomic E-state index is 14.0. The number of ether oxygens (including phenoxy) is 12. The van der Waals surface area contributed by atoms with Crippen LogP contribution in [0.15, 0.2) is 0 Å². The lowest BCUT2D eigenvalue weighted by Crippen LogP contribution is -2.68. The molecule has 5 saturated heterocycles. The summed E-state index contributed by atoms with van der Waals surface area (Å²) in [4.78, 5) is 53.3. The second-order valence-electron chi connectivity index (χ2n) is 21.9. The Morgan fingerprint density at radius 2 is 1.12 bits per heavy atom. The molecule has 23 nitrogen and oxygen atoms in total. The van der Waals surface area contributed by atoms with Gasteiger partial charge in [0.15, 0.2) is 43.5 Å². The highest BCUT2D eigenvalue weighted by Gasteiger charge is 2.58. The molecule has 2 bridgehead atoms. The van der Waals surface area contributed by atoms with Gasteiger partial charge in [0.05, 0.1) is 48.3 Å². The highest BCUT2D eigenvalue weighted by molar-refractivity contribution is 5.73. The average molecular weight is 1100 g/mol. The molecule has 0 saturated carbocycles. The van der Waals surface area contributed by atoms with Crippen LogP contribution >= 0.6 is 0 Å². The maximum Gasteiger partial charge on any atom is 0.311 e. The van der Waals surface area contributed by atoms with Gasteiger partial charge in [0.25, 0.3) is 0 Å². The molecule has 23 atom stereocenters. The SMILES string of the molecule is CCCCCC1CCCCCCCCCC(=O)O[C@@H]2[C@@H](O[C@H]3O[C@H](C)[C@@H](OC(=O)C(C)C)[C@H](O)[C@H]3O)[C@H](C)O[C@@H](O[C@H]3[C@H](O[C@H]4[C@H](O1)O[C@H](C)[C@@H](O)[C@@H]4O)O[C@H](COC(=O)C(C)C(C)O)[C@@H](O)[C@@H]3O)[C@@H]2OC(=O)C(C)C. The molecule has 0 spiro atoms. The molecule has 5 rings (SSSR count). The van der Waals surface area contributed by atoms with Gasteiger partial charge in [-0.25, -0.2) is 0 Å². The van der Waals surface area contributed by atoms with Gasteiger partial charge in [-0.3, -0.25) is 19.2 Å². The van der Waals surface area contributed by atoms with Crippen molar-refractivity contribution in [2.24, 2.45) is 17.8 Å². The molecular weight excluding hydrogens is 1000 g/mol. The third kappa shape index (κ3) is 17.1. The van der Waals surface area contributed by atoms with E-state index in [1.165, 1.54) is 27.7 Å². The van der Waals surface area contributed by atoms with Crippen LogP contribution in [0.5, 0.6) is 0 Å². The zero-order chi connectivity index (χ0) is 56.1. The third-order valence-corrected chi connectivity index (χ3v) is 14.9. The van der Waals surface area contributed by atoms with E-state index in [0.29, 0.717) is 25.7 Å². The van der Waals surface area contributed by atoms with Crippen LogP contribution < -0.4 is 0 Å². The fourth-order valence-corrected chi connectivity index (χ4v) is 9.69. The van der Waals surface area contributed by atoms with Gasteiger partial charge in [-0.15, -0.1) is 0 Å². The Hall–Kier alpha value is -2.72. The van der Waals surface area contributed by atoms with E-state index in [-0.39, 0.29) is 12.5 Å². The number of carbonyl (C=O) groups excluding carboxylic acids is 4. The first-order valence-electron chi connectivity index (χ1n) is 27.7. The summed E-state index contributed by atoms with van der Waals surface area (Å²) < 4.78 is 74.1. The molecule has 0 aliphatic carbocycles. The molecule has 0 radical (unpaired) electrons. The summed E-state index contributed by atoms with van der Waals surface area (Å²) in [6.45, 7) is 15.1. The summed E-state index contributed by atoms with van der Waals surface area (Å²) in [5, 5.41) is 79.7. The zero-order valence-electron chi connectivity index (χ0n) is 46.0. The Balaban J connectivity index is 1.58. The lowest BCUT2D eigenvalue weighted by atomic mass is 9.95. The summed E-state index contributed by atoms with van der Waals surface area (Å²) in [6.07, 6.45) is -23.8. The van der Waals surface area contributed by atoms with Gasteiger partial charge < -0.3 is 92.6 Å². The first kappa shape index (κ1) is 64.1. The molecule has 0 aromatic rings. The number of rotatable bonds is 14. The van der Waals surface area contributed by atoms with E-state index in [2.05, 4.69) is 6.92 Å². The normalized spacial score (nSPS) is 40.5. The Labute approximate surface area is 446 Å². The van der Waals surface area contributed by atoms with Crippen molar-refractivity contribution < 1.29 is 112 Å². The number of aliphatic hydroxyl groups excluding tert-OH is 7. The number of carbonyl (C=O) groups is 4. The van der Waals surface area contributed by atoms with Crippen molar-refractivity contribution in [2.45, 2.75) is 288 Å². The number of esters is 4. The lowest BCUT2D eigenvalue weighted by Gasteiger charge is -2.50. The van der Waals surface area contributed by atoms with Crippen LogP contribution in [-0.2, 0) is 76.0 Å². The third-order valence-electron chi connectivity index (χ3n) is 14.9. The molecule has 5 fully saturated rings. The van der Waals surface area contributed by atoms with Crippen molar-refractivity contribution in [1.82, 2.24) is 0 Å². The van der Waals surface area contributed by atoms with Crippen molar-refractivity contribution in [3.8, 4) is 0 Å². The largest absolute Gasteiger partial charge is 0.463 e. The number of aliphatic hydroxyl groups is 7. The molecule has 440 valence electrons. The van der Waals surface area contributed by atoms with Crippen molar-refractivity contribution >= 4 is 23.9 Å². The van der Waals surface area contributed by atoms with Gasteiger partial charge in [0, 0.05) is 6.42 Å². The predicted molar refractivity (Wildman–Crippen MR) is 264 cm³/mol. The van der Waals surface area contributed by atoms with E-state index >= 15 is 0 Å². The summed E-state index contributed by atoms with van der Waals surface area (Å²) in [7, 11) is 0. The van der Waals surface area contributed by atoms with Gasteiger partial charge in [0.1, 0.15) is 67.6 Å². The highest BCUT2D eigenvalue weighted by atomic mass is 16.8. The minimum absolute atomic E-state index is 0.0660. The summed E-state index contributed by atoms with van der Waals surface area (Å²) >= 11 is 0. The molecule has 5 aliphatic heterocycles. The molecule has 0 amide bonds. The molecule has 7 N–H and O–H groups in total. The second-order valence-corrected chi connectivity index (χ2v) is 21.9. The molecule has 5 heterocycles. The van der Waals surface area contributed by atoms with E-state index in [4.69, 9.17) is 56.8 Å². The molecule has 23 heteroatoms. The van der Waals surface area contributed by atoms with E-state index in [9.17, 15) is 54.9 Å². The fraction of sp³-hybridized carbons (Fsp3) is 0.925. The lowest BCUT2D eigenvalue weighted by molar-refractivity contribution is -0.399. The molecule has 76 heavy (non-hydrogen) atoms. The smallest absolute Gasteiger partial charge is 0.311 e. The van der Waals surface area contributed by atoms with Crippen LogP contribution in [0.1, 0.15) is 153 Å². The second kappa shape index (κ2) is 30.2. The molecular formula is C53H90O23. The number of hydrogen-bond donors (Lipinski definition) is 7. The van der Waals surface area contributed by atoms with E-state index in [0.717, 1.165) is 51.4 Å². The van der Waals surface area contributed by atoms with Gasteiger partial charge in [-0.1, -0.05) is 92.4 Å². The molecule has 5 aliphatic rings. The van der Waals surface area contributed by atoms with Gasteiger partial charge in [-0.2, -0.15) is 0 Å². The van der Waals surface area contributed by atoms with E-state index in [1.54, 1.807) is 34.6 Å². The average Bonchev–Trinajstić information content (AvgIpc) is 3.38. The van der Waals surface area contributed by atoms with Crippen molar-refractivity contribution in [2.75, 3.05) is 6.61 Å².